The standard InChI is InChI=1S/C27H25F2N3O4S/c1-4-14(2)24(26(34)35)32-25(33)18-8-5-16(12-22(18)36-3)15-6-9-20(19(29)11-15)30-27-31-21-10-7-17(28)13-23(21)37-27/h5-14,24H,4H2,1-3H3,(H,30,31)(H,32,33)(H,34,35)/t14-,24-/m0/s1. The molecule has 0 aliphatic carbocycles. The van der Waals surface area contributed by atoms with E-state index >= 15 is 0 Å². The normalized spacial score (nSPS) is 12.7. The lowest BCUT2D eigenvalue weighted by molar-refractivity contribution is -0.140. The SMILES string of the molecule is CC[C@H](C)[C@H](NC(=O)c1ccc(-c2ccc(Nc3nc4ccc(F)cc4s3)c(F)c2)cc1OC)C(=O)O. The van der Waals surface area contributed by atoms with Gasteiger partial charge in [-0.15, -0.1) is 0 Å². The summed E-state index contributed by atoms with van der Waals surface area (Å²) in [6.07, 6.45) is 0.585. The number of fused-ring (bicyclic) bond motifs is 1. The molecule has 10 heteroatoms. The third kappa shape index (κ3) is 5.69. The quantitative estimate of drug-likeness (QED) is 0.240. The van der Waals surface area contributed by atoms with E-state index < -0.39 is 23.7 Å². The summed E-state index contributed by atoms with van der Waals surface area (Å²) in [6, 6.07) is 12.6. The molecule has 192 valence electrons. The zero-order chi connectivity index (χ0) is 26.7. The molecular weight excluding hydrogens is 500 g/mol. The third-order valence-electron chi connectivity index (χ3n) is 6.11. The minimum Gasteiger partial charge on any atom is -0.496 e. The Hall–Kier alpha value is -4.05. The Balaban J connectivity index is 1.55. The number of nitrogens with zero attached hydrogens (tertiary/aromatic N) is 1. The van der Waals surface area contributed by atoms with Crippen molar-refractivity contribution in [2.75, 3.05) is 12.4 Å². The van der Waals surface area contributed by atoms with Crippen LogP contribution in [0.5, 0.6) is 5.75 Å². The molecule has 0 unspecified atom stereocenters. The molecular formula is C27H25F2N3O4S. The van der Waals surface area contributed by atoms with Crippen molar-refractivity contribution in [3.63, 3.8) is 0 Å². The van der Waals surface area contributed by atoms with Crippen LogP contribution in [-0.2, 0) is 4.79 Å². The lowest BCUT2D eigenvalue weighted by Crippen LogP contribution is -2.45. The Morgan fingerprint density at radius 3 is 2.49 bits per heavy atom. The van der Waals surface area contributed by atoms with Gasteiger partial charge in [-0.3, -0.25) is 4.79 Å². The first kappa shape index (κ1) is 26.0. The predicted octanol–water partition coefficient (Wildman–Crippen LogP) is 6.22. The van der Waals surface area contributed by atoms with Crippen molar-refractivity contribution < 1.29 is 28.2 Å². The number of hydrogen-bond acceptors (Lipinski definition) is 6. The second kappa shape index (κ2) is 10.9. The second-order valence-electron chi connectivity index (χ2n) is 8.54. The van der Waals surface area contributed by atoms with Crippen LogP contribution in [0.1, 0.15) is 30.6 Å². The van der Waals surface area contributed by atoms with Gasteiger partial charge in [0.15, 0.2) is 5.13 Å². The van der Waals surface area contributed by atoms with Gasteiger partial charge in [0.05, 0.1) is 28.6 Å². The third-order valence-corrected chi connectivity index (χ3v) is 7.04. The van der Waals surface area contributed by atoms with E-state index in [9.17, 15) is 23.5 Å². The Kier molecular flexibility index (Phi) is 7.68. The van der Waals surface area contributed by atoms with Crippen molar-refractivity contribution in [3.8, 4) is 16.9 Å². The van der Waals surface area contributed by atoms with Crippen LogP contribution in [0.3, 0.4) is 0 Å². The molecule has 0 aliphatic heterocycles. The van der Waals surface area contributed by atoms with Gasteiger partial charge in [-0.1, -0.05) is 43.7 Å². The molecule has 3 aromatic carbocycles. The highest BCUT2D eigenvalue weighted by Gasteiger charge is 2.27. The smallest absolute Gasteiger partial charge is 0.326 e. The van der Waals surface area contributed by atoms with E-state index in [1.165, 1.54) is 42.7 Å². The molecule has 0 saturated carbocycles. The number of halogens is 2. The number of amides is 1. The van der Waals surface area contributed by atoms with Crippen LogP contribution in [0, 0.1) is 17.6 Å². The minimum atomic E-state index is -1.11. The molecule has 7 nitrogen and oxygen atoms in total. The number of ether oxygens (including phenoxy) is 1. The molecule has 0 radical (unpaired) electrons. The van der Waals surface area contributed by atoms with Crippen LogP contribution in [0.4, 0.5) is 19.6 Å². The molecule has 4 rings (SSSR count). The van der Waals surface area contributed by atoms with E-state index in [1.807, 2.05) is 6.92 Å². The van der Waals surface area contributed by atoms with Gasteiger partial charge in [0.25, 0.3) is 5.91 Å². The summed E-state index contributed by atoms with van der Waals surface area (Å²) in [4.78, 5) is 28.8. The largest absolute Gasteiger partial charge is 0.496 e. The van der Waals surface area contributed by atoms with Crippen molar-refractivity contribution in [1.82, 2.24) is 10.3 Å². The van der Waals surface area contributed by atoms with Gasteiger partial charge in [0.2, 0.25) is 0 Å². The number of carboxylic acid groups (broad SMARTS) is 1. The summed E-state index contributed by atoms with van der Waals surface area (Å²) >= 11 is 1.21. The molecule has 37 heavy (non-hydrogen) atoms. The lowest BCUT2D eigenvalue weighted by Gasteiger charge is -2.21. The fourth-order valence-electron chi connectivity index (χ4n) is 3.82. The van der Waals surface area contributed by atoms with Gasteiger partial charge in [-0.25, -0.2) is 18.6 Å². The predicted molar refractivity (Wildman–Crippen MR) is 140 cm³/mol. The molecule has 1 aromatic heterocycles. The summed E-state index contributed by atoms with van der Waals surface area (Å²) < 4.78 is 34.4. The van der Waals surface area contributed by atoms with Crippen LogP contribution in [-0.4, -0.2) is 35.1 Å². The molecule has 3 N–H and O–H groups in total. The van der Waals surface area contributed by atoms with E-state index in [2.05, 4.69) is 15.6 Å². The number of benzene rings is 3. The van der Waals surface area contributed by atoms with Crippen LogP contribution < -0.4 is 15.4 Å². The highest BCUT2D eigenvalue weighted by Crippen LogP contribution is 2.33. The number of aliphatic carboxylic acids is 1. The zero-order valence-electron chi connectivity index (χ0n) is 20.3. The van der Waals surface area contributed by atoms with E-state index in [0.717, 1.165) is 0 Å². The van der Waals surface area contributed by atoms with E-state index in [-0.39, 0.29) is 28.7 Å². The second-order valence-corrected chi connectivity index (χ2v) is 9.57. The number of carbonyl (C=O) groups is 2. The molecule has 1 amide bonds. The zero-order valence-corrected chi connectivity index (χ0v) is 21.2. The molecule has 0 fully saturated rings. The molecule has 0 saturated heterocycles. The summed E-state index contributed by atoms with van der Waals surface area (Å²) in [5.41, 5.74) is 2.14. The first-order valence-electron chi connectivity index (χ1n) is 11.5. The number of carboxylic acids is 1. The Bertz CT molecular complexity index is 1470. The Labute approximate surface area is 216 Å². The average molecular weight is 526 g/mol. The van der Waals surface area contributed by atoms with Gasteiger partial charge in [-0.05, 0) is 59.5 Å². The van der Waals surface area contributed by atoms with Crippen molar-refractivity contribution in [3.05, 3.63) is 71.8 Å². The molecule has 0 bridgehead atoms. The van der Waals surface area contributed by atoms with Crippen molar-refractivity contribution in [1.29, 1.82) is 0 Å². The average Bonchev–Trinajstić information content (AvgIpc) is 3.28. The van der Waals surface area contributed by atoms with Gasteiger partial charge >= 0.3 is 5.97 Å². The summed E-state index contributed by atoms with van der Waals surface area (Å²) in [6.45, 7) is 3.60. The van der Waals surface area contributed by atoms with Crippen LogP contribution in [0.25, 0.3) is 21.3 Å². The number of hydrogen-bond donors (Lipinski definition) is 3. The maximum atomic E-state index is 15.0. The Morgan fingerprint density at radius 2 is 1.81 bits per heavy atom. The first-order valence-corrected chi connectivity index (χ1v) is 12.4. The summed E-state index contributed by atoms with van der Waals surface area (Å²) in [7, 11) is 1.40. The van der Waals surface area contributed by atoms with Gasteiger partial charge in [-0.2, -0.15) is 0 Å². The molecule has 2 atom stereocenters. The maximum absolute atomic E-state index is 15.0. The fraction of sp³-hybridized carbons (Fsp3) is 0.222. The number of thiazole rings is 1. The molecule has 0 aliphatic rings. The topological polar surface area (TPSA) is 101 Å². The number of aromatic nitrogens is 1. The van der Waals surface area contributed by atoms with Crippen molar-refractivity contribution in [2.45, 2.75) is 26.3 Å². The van der Waals surface area contributed by atoms with E-state index in [1.54, 1.807) is 37.3 Å². The minimum absolute atomic E-state index is 0.173. The van der Waals surface area contributed by atoms with Crippen molar-refractivity contribution in [2.24, 2.45) is 5.92 Å². The highest BCUT2D eigenvalue weighted by atomic mass is 32.1. The molecule has 0 spiro atoms. The fourth-order valence-corrected chi connectivity index (χ4v) is 4.73. The van der Waals surface area contributed by atoms with Crippen molar-refractivity contribution >= 4 is 44.2 Å². The molecule has 1 heterocycles. The van der Waals surface area contributed by atoms with Gasteiger partial charge in [0.1, 0.15) is 23.4 Å². The molecule has 4 aromatic rings. The number of nitrogens with one attached hydrogen (secondary N) is 2. The summed E-state index contributed by atoms with van der Waals surface area (Å²) in [5, 5.41) is 15.4. The Morgan fingerprint density at radius 1 is 1.08 bits per heavy atom. The number of rotatable bonds is 9. The van der Waals surface area contributed by atoms with E-state index in [4.69, 9.17) is 4.74 Å². The lowest BCUT2D eigenvalue weighted by atomic mass is 9.98. The monoisotopic (exact) mass is 525 g/mol. The summed E-state index contributed by atoms with van der Waals surface area (Å²) in [5.74, 6) is -2.60. The van der Waals surface area contributed by atoms with Crippen LogP contribution in [0.15, 0.2) is 54.6 Å². The number of carbonyl (C=O) groups excluding carboxylic acids is 1. The van der Waals surface area contributed by atoms with Gasteiger partial charge in [0, 0.05) is 0 Å². The van der Waals surface area contributed by atoms with E-state index in [0.29, 0.717) is 32.9 Å². The first-order chi connectivity index (χ1) is 17.7. The number of anilines is 2. The van der Waals surface area contributed by atoms with Crippen LogP contribution >= 0.6 is 11.3 Å². The number of methoxy groups -OCH3 is 1. The highest BCUT2D eigenvalue weighted by molar-refractivity contribution is 7.22. The maximum Gasteiger partial charge on any atom is 0.326 e. The van der Waals surface area contributed by atoms with Gasteiger partial charge < -0.3 is 20.5 Å². The van der Waals surface area contributed by atoms with Crippen LogP contribution in [0.2, 0.25) is 0 Å².